The van der Waals surface area contributed by atoms with Crippen LogP contribution in [0.5, 0.6) is 0 Å². The number of halogens is 1. The Labute approximate surface area is 148 Å². The van der Waals surface area contributed by atoms with Gasteiger partial charge in [-0.15, -0.1) is 0 Å². The Morgan fingerprint density at radius 3 is 2.48 bits per heavy atom. The Bertz CT molecular complexity index is 1140. The zero-order valence-corrected chi connectivity index (χ0v) is 13.8. The van der Waals surface area contributed by atoms with E-state index in [1.54, 1.807) is 42.6 Å². The highest BCUT2D eigenvalue weighted by molar-refractivity contribution is 6.30. The van der Waals surface area contributed by atoms with Crippen molar-refractivity contribution in [2.45, 2.75) is 0 Å². The van der Waals surface area contributed by atoms with E-state index in [1.807, 2.05) is 24.3 Å². The Hall–Kier alpha value is -3.18. The zero-order chi connectivity index (χ0) is 17.4. The lowest BCUT2D eigenvalue weighted by Gasteiger charge is -2.15. The van der Waals surface area contributed by atoms with Gasteiger partial charge in [-0.3, -0.25) is 9.36 Å². The summed E-state index contributed by atoms with van der Waals surface area (Å²) in [5, 5.41) is 1.04. The molecule has 0 amide bonds. The molecular weight excluding hydrogens is 336 g/mol. The summed E-state index contributed by atoms with van der Waals surface area (Å²) >= 11 is 5.99. The first-order valence-corrected chi connectivity index (χ1v) is 8.01. The van der Waals surface area contributed by atoms with Crippen LogP contribution >= 0.6 is 11.6 Å². The van der Waals surface area contributed by atoms with E-state index in [9.17, 15) is 4.79 Å². The molecule has 0 aliphatic carbocycles. The van der Waals surface area contributed by atoms with Crippen LogP contribution in [0.3, 0.4) is 0 Å². The van der Waals surface area contributed by atoms with Crippen molar-refractivity contribution in [1.82, 2.24) is 14.5 Å². The molecule has 0 saturated carbocycles. The van der Waals surface area contributed by atoms with Crippen LogP contribution in [0.2, 0.25) is 5.02 Å². The molecule has 2 N–H and O–H groups in total. The maximum atomic E-state index is 13.1. The highest BCUT2D eigenvalue weighted by Crippen LogP contribution is 2.25. The molecule has 0 spiro atoms. The number of benzene rings is 2. The number of anilines is 1. The first-order chi connectivity index (χ1) is 12.1. The lowest BCUT2D eigenvalue weighted by molar-refractivity contribution is 0.971. The molecule has 4 aromatic rings. The minimum absolute atomic E-state index is 0.221. The minimum Gasteiger partial charge on any atom is -0.397 e. The standard InChI is InChI=1S/C19H13ClN4O/c20-13-9-7-12(8-10-13)18-23-17-14(4-3-11-22-17)19(25)24(18)16-6-2-1-5-15(16)21/h1-11H,21H2. The number of hydrogen-bond donors (Lipinski definition) is 1. The number of pyridine rings is 1. The third-order valence-electron chi connectivity index (χ3n) is 3.92. The van der Waals surface area contributed by atoms with Gasteiger partial charge in [-0.25, -0.2) is 9.97 Å². The molecule has 0 saturated heterocycles. The summed E-state index contributed by atoms with van der Waals surface area (Å²) in [5.41, 5.74) is 8.10. The molecule has 2 aromatic carbocycles. The van der Waals surface area contributed by atoms with Gasteiger partial charge in [0.15, 0.2) is 5.65 Å². The largest absolute Gasteiger partial charge is 0.397 e. The molecule has 0 radical (unpaired) electrons. The number of nitrogen functional groups attached to an aromatic ring is 1. The Morgan fingerprint density at radius 2 is 1.72 bits per heavy atom. The molecule has 2 aromatic heterocycles. The lowest BCUT2D eigenvalue weighted by atomic mass is 10.1. The number of nitrogens with zero attached hydrogens (tertiary/aromatic N) is 3. The molecule has 0 atom stereocenters. The summed E-state index contributed by atoms with van der Waals surface area (Å²) in [6.45, 7) is 0. The van der Waals surface area contributed by atoms with Gasteiger partial charge < -0.3 is 5.73 Å². The third-order valence-corrected chi connectivity index (χ3v) is 4.18. The molecule has 2 heterocycles. The monoisotopic (exact) mass is 348 g/mol. The topological polar surface area (TPSA) is 73.8 Å². The summed E-state index contributed by atoms with van der Waals surface area (Å²) in [5.74, 6) is 0.464. The van der Waals surface area contributed by atoms with Gasteiger partial charge in [0.05, 0.1) is 16.8 Å². The van der Waals surface area contributed by atoms with Crippen LogP contribution < -0.4 is 11.3 Å². The first-order valence-electron chi connectivity index (χ1n) is 7.64. The smallest absolute Gasteiger partial charge is 0.267 e. The van der Waals surface area contributed by atoms with Gasteiger partial charge in [0, 0.05) is 16.8 Å². The Balaban J connectivity index is 2.13. The maximum absolute atomic E-state index is 13.1. The lowest BCUT2D eigenvalue weighted by Crippen LogP contribution is -2.23. The van der Waals surface area contributed by atoms with E-state index >= 15 is 0 Å². The van der Waals surface area contributed by atoms with Crippen molar-refractivity contribution >= 4 is 28.3 Å². The van der Waals surface area contributed by atoms with Crippen LogP contribution in [0.25, 0.3) is 28.1 Å². The van der Waals surface area contributed by atoms with E-state index in [1.165, 1.54) is 4.57 Å². The van der Waals surface area contributed by atoms with E-state index in [4.69, 9.17) is 17.3 Å². The fourth-order valence-corrected chi connectivity index (χ4v) is 2.85. The van der Waals surface area contributed by atoms with Gasteiger partial charge in [0.1, 0.15) is 5.82 Å². The number of nitrogens with two attached hydrogens (primary N) is 1. The molecule has 5 nitrogen and oxygen atoms in total. The Kier molecular flexibility index (Phi) is 3.71. The van der Waals surface area contributed by atoms with E-state index in [-0.39, 0.29) is 5.56 Å². The molecular formula is C19H13ClN4O. The molecule has 0 fully saturated rings. The molecule has 0 aliphatic heterocycles. The van der Waals surface area contributed by atoms with Crippen LogP contribution in [-0.4, -0.2) is 14.5 Å². The average molecular weight is 349 g/mol. The molecule has 0 bridgehead atoms. The van der Waals surface area contributed by atoms with Crippen molar-refractivity contribution in [2.75, 3.05) is 5.73 Å². The van der Waals surface area contributed by atoms with Crippen molar-refractivity contribution in [3.8, 4) is 17.1 Å². The summed E-state index contributed by atoms with van der Waals surface area (Å²) in [6, 6.07) is 17.8. The summed E-state index contributed by atoms with van der Waals surface area (Å²) in [7, 11) is 0. The van der Waals surface area contributed by atoms with Crippen LogP contribution in [0.4, 0.5) is 5.69 Å². The van der Waals surface area contributed by atoms with Gasteiger partial charge in [0.2, 0.25) is 0 Å². The number of aromatic nitrogens is 3. The van der Waals surface area contributed by atoms with Crippen molar-refractivity contribution in [3.63, 3.8) is 0 Å². The number of hydrogen-bond acceptors (Lipinski definition) is 4. The second-order valence-corrected chi connectivity index (χ2v) is 5.95. The molecule has 25 heavy (non-hydrogen) atoms. The summed E-state index contributed by atoms with van der Waals surface area (Å²) < 4.78 is 1.52. The van der Waals surface area contributed by atoms with E-state index in [0.717, 1.165) is 5.56 Å². The van der Waals surface area contributed by atoms with Crippen molar-refractivity contribution in [1.29, 1.82) is 0 Å². The maximum Gasteiger partial charge on any atom is 0.267 e. The number of fused-ring (bicyclic) bond motifs is 1. The fourth-order valence-electron chi connectivity index (χ4n) is 2.73. The molecule has 122 valence electrons. The molecule has 6 heteroatoms. The van der Waals surface area contributed by atoms with E-state index in [0.29, 0.717) is 33.3 Å². The van der Waals surface area contributed by atoms with Crippen LogP contribution in [0.15, 0.2) is 71.7 Å². The zero-order valence-electron chi connectivity index (χ0n) is 13.1. The first kappa shape index (κ1) is 15.4. The fraction of sp³-hybridized carbons (Fsp3) is 0. The van der Waals surface area contributed by atoms with Gasteiger partial charge in [-0.2, -0.15) is 0 Å². The van der Waals surface area contributed by atoms with Crippen LogP contribution in [0.1, 0.15) is 0 Å². The van der Waals surface area contributed by atoms with Crippen molar-refractivity contribution < 1.29 is 0 Å². The second-order valence-electron chi connectivity index (χ2n) is 5.52. The van der Waals surface area contributed by atoms with Crippen molar-refractivity contribution in [2.24, 2.45) is 0 Å². The third kappa shape index (κ3) is 2.64. The average Bonchev–Trinajstić information content (AvgIpc) is 2.63. The van der Waals surface area contributed by atoms with Gasteiger partial charge >= 0.3 is 0 Å². The van der Waals surface area contributed by atoms with E-state index < -0.39 is 0 Å². The number of rotatable bonds is 2. The quantitative estimate of drug-likeness (QED) is 0.561. The van der Waals surface area contributed by atoms with Gasteiger partial charge in [0.25, 0.3) is 5.56 Å². The second kappa shape index (κ2) is 6.03. The van der Waals surface area contributed by atoms with Gasteiger partial charge in [-0.1, -0.05) is 23.7 Å². The summed E-state index contributed by atoms with van der Waals surface area (Å²) in [4.78, 5) is 22.0. The molecule has 0 unspecified atom stereocenters. The SMILES string of the molecule is Nc1ccccc1-n1c(-c2ccc(Cl)cc2)nc2ncccc2c1=O. The summed E-state index contributed by atoms with van der Waals surface area (Å²) in [6.07, 6.45) is 1.61. The van der Waals surface area contributed by atoms with Crippen LogP contribution in [0, 0.1) is 0 Å². The van der Waals surface area contributed by atoms with E-state index in [2.05, 4.69) is 9.97 Å². The van der Waals surface area contributed by atoms with Crippen LogP contribution in [-0.2, 0) is 0 Å². The highest BCUT2D eigenvalue weighted by atomic mass is 35.5. The highest BCUT2D eigenvalue weighted by Gasteiger charge is 2.16. The van der Waals surface area contributed by atoms with Gasteiger partial charge in [-0.05, 0) is 48.5 Å². The Morgan fingerprint density at radius 1 is 0.960 bits per heavy atom. The molecule has 0 aliphatic rings. The predicted octanol–water partition coefficient (Wildman–Crippen LogP) is 3.68. The minimum atomic E-state index is -0.221. The number of para-hydroxylation sites is 2. The molecule has 4 rings (SSSR count). The van der Waals surface area contributed by atoms with Crippen molar-refractivity contribution in [3.05, 3.63) is 82.2 Å². The predicted molar refractivity (Wildman–Crippen MR) is 100.0 cm³/mol. The normalized spacial score (nSPS) is 10.9.